The van der Waals surface area contributed by atoms with Crippen molar-refractivity contribution < 1.29 is 0 Å². The lowest BCUT2D eigenvalue weighted by molar-refractivity contribution is 1.45. The molecule has 1 aliphatic carbocycles. The molecule has 0 aromatic rings. The molecule has 0 bridgehead atoms. The van der Waals surface area contributed by atoms with E-state index < -0.39 is 0 Å². The van der Waals surface area contributed by atoms with Crippen molar-refractivity contribution in [3.05, 3.63) is 23.7 Å². The molecule has 0 aromatic heterocycles. The maximum Gasteiger partial charge on any atom is 0.147 e. The van der Waals surface area contributed by atoms with Gasteiger partial charge in [-0.25, -0.2) is 0 Å². The van der Waals surface area contributed by atoms with Crippen LogP contribution in [0.5, 0.6) is 0 Å². The Bertz CT molecular complexity index is 111. The highest BCUT2D eigenvalue weighted by Gasteiger charge is 1.91. The average molecular weight is 90.9 g/mol. The van der Waals surface area contributed by atoms with Gasteiger partial charge >= 0.3 is 0 Å². The highest BCUT2D eigenvalue weighted by molar-refractivity contribution is 6.44. The van der Waals surface area contributed by atoms with Crippen molar-refractivity contribution >= 4 is 7.28 Å². The Kier molecular flexibility index (Phi) is 1.35. The maximum absolute atomic E-state index is 2.21. The summed E-state index contributed by atoms with van der Waals surface area (Å²) in [6.45, 7) is 2.06. The summed E-state index contributed by atoms with van der Waals surface area (Å²) in [4.78, 5) is 0. The minimum absolute atomic E-state index is 1.12. The van der Waals surface area contributed by atoms with Crippen LogP contribution < -0.4 is 0 Å². The molecule has 0 fully saturated rings. The van der Waals surface area contributed by atoms with Crippen LogP contribution in [0.25, 0.3) is 0 Å². The van der Waals surface area contributed by atoms with Crippen LogP contribution in [0.15, 0.2) is 23.7 Å². The van der Waals surface area contributed by atoms with Crippen LogP contribution in [0.3, 0.4) is 0 Å². The second-order valence-electron chi connectivity index (χ2n) is 1.63. The van der Waals surface area contributed by atoms with Crippen LogP contribution in [-0.4, -0.2) is 7.28 Å². The van der Waals surface area contributed by atoms with Gasteiger partial charge in [0.1, 0.15) is 7.28 Å². The lowest BCUT2D eigenvalue weighted by Gasteiger charge is -1.82. The van der Waals surface area contributed by atoms with Crippen LogP contribution in [0.2, 0.25) is 6.82 Å². The molecule has 0 nitrogen and oxygen atoms in total. The third-order valence-electron chi connectivity index (χ3n) is 1.13. The van der Waals surface area contributed by atoms with E-state index in [1.807, 2.05) is 0 Å². The summed E-state index contributed by atoms with van der Waals surface area (Å²) in [5, 5.41) is 0. The van der Waals surface area contributed by atoms with Gasteiger partial charge in [-0.05, 0) is 6.42 Å². The summed E-state index contributed by atoms with van der Waals surface area (Å²) in [5.41, 5.74) is 1.36. The summed E-state index contributed by atoms with van der Waals surface area (Å²) in [6, 6.07) is 0. The maximum atomic E-state index is 2.21. The SMILES string of the molecule is C[B]C1=CCC=C1. The van der Waals surface area contributed by atoms with E-state index in [9.17, 15) is 0 Å². The molecule has 1 aliphatic rings. The third-order valence-corrected chi connectivity index (χ3v) is 1.13. The van der Waals surface area contributed by atoms with Gasteiger partial charge in [0.2, 0.25) is 0 Å². The Morgan fingerprint density at radius 3 is 2.86 bits per heavy atom. The lowest BCUT2D eigenvalue weighted by Crippen LogP contribution is -1.80. The summed E-state index contributed by atoms with van der Waals surface area (Å²) >= 11 is 0. The molecule has 0 unspecified atom stereocenters. The fourth-order valence-corrected chi connectivity index (χ4v) is 0.690. The van der Waals surface area contributed by atoms with Crippen molar-refractivity contribution in [2.45, 2.75) is 13.2 Å². The van der Waals surface area contributed by atoms with Crippen molar-refractivity contribution in [2.75, 3.05) is 0 Å². The summed E-state index contributed by atoms with van der Waals surface area (Å²) < 4.78 is 0. The summed E-state index contributed by atoms with van der Waals surface area (Å²) in [5.74, 6) is 0. The number of hydrogen-bond acceptors (Lipinski definition) is 0. The lowest BCUT2D eigenvalue weighted by atomic mass is 9.73. The normalized spacial score (nSPS) is 17.0. The predicted octanol–water partition coefficient (Wildman–Crippen LogP) is 1.58. The standard InChI is InChI=1S/C6H8B/c1-7-6-4-2-3-5-6/h2,4-5H,3H2,1H3. The predicted molar refractivity (Wildman–Crippen MR) is 33.5 cm³/mol. The fourth-order valence-electron chi connectivity index (χ4n) is 0.690. The molecular formula is C6H8B. The van der Waals surface area contributed by atoms with Crippen LogP contribution in [0.4, 0.5) is 0 Å². The monoisotopic (exact) mass is 91.1 g/mol. The number of allylic oxidation sites excluding steroid dienone is 4. The van der Waals surface area contributed by atoms with Crippen molar-refractivity contribution in [3.8, 4) is 0 Å². The van der Waals surface area contributed by atoms with E-state index in [0.29, 0.717) is 0 Å². The van der Waals surface area contributed by atoms with E-state index >= 15 is 0 Å². The zero-order chi connectivity index (χ0) is 5.11. The molecule has 1 radical (unpaired) electrons. The Labute approximate surface area is 45.2 Å². The molecule has 0 heterocycles. The molecule has 0 amide bonds. The van der Waals surface area contributed by atoms with Crippen molar-refractivity contribution in [2.24, 2.45) is 0 Å². The Morgan fingerprint density at radius 2 is 2.57 bits per heavy atom. The van der Waals surface area contributed by atoms with Crippen LogP contribution in [0, 0.1) is 0 Å². The van der Waals surface area contributed by atoms with Crippen LogP contribution in [0.1, 0.15) is 6.42 Å². The quantitative estimate of drug-likeness (QED) is 0.429. The highest BCUT2D eigenvalue weighted by atomic mass is 13.9. The third kappa shape index (κ3) is 0.954. The molecule has 0 N–H and O–H groups in total. The first-order chi connectivity index (χ1) is 3.43. The van der Waals surface area contributed by atoms with Gasteiger partial charge < -0.3 is 0 Å². The molecule has 0 aliphatic heterocycles. The minimum Gasteiger partial charge on any atom is -0.0920 e. The minimum atomic E-state index is 1.12. The average Bonchev–Trinajstić information content (AvgIpc) is 2.14. The number of hydrogen-bond donors (Lipinski definition) is 0. The van der Waals surface area contributed by atoms with Crippen molar-refractivity contribution in [1.82, 2.24) is 0 Å². The molecular weight excluding hydrogens is 82.9 g/mol. The zero-order valence-corrected chi connectivity index (χ0v) is 4.52. The van der Waals surface area contributed by atoms with Gasteiger partial charge in [0.05, 0.1) is 0 Å². The van der Waals surface area contributed by atoms with Gasteiger partial charge in [-0.3, -0.25) is 0 Å². The van der Waals surface area contributed by atoms with Crippen LogP contribution >= 0.6 is 0 Å². The Balaban J connectivity index is 2.52. The van der Waals surface area contributed by atoms with Gasteiger partial charge in [0.15, 0.2) is 0 Å². The first-order valence-corrected chi connectivity index (χ1v) is 2.59. The van der Waals surface area contributed by atoms with Gasteiger partial charge in [-0.2, -0.15) is 0 Å². The second-order valence-corrected chi connectivity index (χ2v) is 1.63. The largest absolute Gasteiger partial charge is 0.147 e. The molecule has 0 atom stereocenters. The van der Waals surface area contributed by atoms with E-state index in [4.69, 9.17) is 0 Å². The van der Waals surface area contributed by atoms with Gasteiger partial charge in [-0.1, -0.05) is 30.5 Å². The molecule has 0 aromatic carbocycles. The molecule has 0 saturated heterocycles. The van der Waals surface area contributed by atoms with Crippen LogP contribution in [-0.2, 0) is 0 Å². The zero-order valence-electron chi connectivity index (χ0n) is 4.52. The van der Waals surface area contributed by atoms with E-state index in [1.54, 1.807) is 0 Å². The summed E-state index contributed by atoms with van der Waals surface area (Å²) in [6.07, 6.45) is 7.63. The molecule has 1 rings (SSSR count). The molecule has 1 heteroatoms. The Morgan fingerprint density at radius 1 is 1.71 bits per heavy atom. The highest BCUT2D eigenvalue weighted by Crippen LogP contribution is 2.05. The van der Waals surface area contributed by atoms with E-state index in [-0.39, 0.29) is 0 Å². The Hall–Kier alpha value is -0.455. The van der Waals surface area contributed by atoms with Crippen molar-refractivity contribution in [1.29, 1.82) is 0 Å². The van der Waals surface area contributed by atoms with Gasteiger partial charge in [-0.15, -0.1) is 0 Å². The summed E-state index contributed by atoms with van der Waals surface area (Å²) in [7, 11) is 2.11. The van der Waals surface area contributed by atoms with E-state index in [0.717, 1.165) is 6.42 Å². The van der Waals surface area contributed by atoms with E-state index in [2.05, 4.69) is 32.3 Å². The van der Waals surface area contributed by atoms with E-state index in [1.165, 1.54) is 5.47 Å². The van der Waals surface area contributed by atoms with Crippen molar-refractivity contribution in [3.63, 3.8) is 0 Å². The molecule has 35 valence electrons. The van der Waals surface area contributed by atoms with Gasteiger partial charge in [0, 0.05) is 0 Å². The topological polar surface area (TPSA) is 0 Å². The molecule has 0 spiro atoms. The van der Waals surface area contributed by atoms with Gasteiger partial charge in [0.25, 0.3) is 0 Å². The smallest absolute Gasteiger partial charge is 0.0920 e. The first kappa shape index (κ1) is 4.70. The number of rotatable bonds is 1. The molecule has 7 heavy (non-hydrogen) atoms. The fraction of sp³-hybridized carbons (Fsp3) is 0.333. The molecule has 0 saturated carbocycles. The first-order valence-electron chi connectivity index (χ1n) is 2.59. The second kappa shape index (κ2) is 2.01.